The van der Waals surface area contributed by atoms with Crippen LogP contribution in [0.3, 0.4) is 0 Å². The first-order chi connectivity index (χ1) is 7.24. The maximum Gasteiger partial charge on any atom is 0.314 e. The average Bonchev–Trinajstić information content (AvgIpc) is 2.25. The predicted octanol–water partition coefficient (Wildman–Crippen LogP) is -0.0365. The van der Waals surface area contributed by atoms with E-state index in [0.717, 1.165) is 5.69 Å². The van der Waals surface area contributed by atoms with Crippen molar-refractivity contribution in [3.63, 3.8) is 0 Å². The first-order valence-corrected chi connectivity index (χ1v) is 4.88. The van der Waals surface area contributed by atoms with Gasteiger partial charge in [-0.05, 0) is 12.1 Å². The number of pyridine rings is 1. The summed E-state index contributed by atoms with van der Waals surface area (Å²) in [5.74, 6) is 0. The Bertz CT molecular complexity index is 302. The number of hydrogen-bond donors (Lipinski definition) is 2. The van der Waals surface area contributed by atoms with E-state index >= 15 is 0 Å². The van der Waals surface area contributed by atoms with Gasteiger partial charge in [0.2, 0.25) is 0 Å². The molecular weight excluding hydrogens is 192 g/mol. The predicted molar refractivity (Wildman–Crippen MR) is 58.2 cm³/mol. The normalized spacial score (nSPS) is 9.93. The van der Waals surface area contributed by atoms with E-state index in [1.54, 1.807) is 6.20 Å². The minimum atomic E-state index is -0.434. The summed E-state index contributed by atoms with van der Waals surface area (Å²) in [6.07, 6.45) is 2.43. The van der Waals surface area contributed by atoms with Crippen molar-refractivity contribution in [1.82, 2.24) is 9.88 Å². The molecule has 1 aromatic heterocycles. The zero-order chi connectivity index (χ0) is 11.1. The monoisotopic (exact) mass is 208 g/mol. The number of aromatic nitrogens is 1. The molecule has 4 N–H and O–H groups in total. The van der Waals surface area contributed by atoms with Crippen LogP contribution in [0.15, 0.2) is 24.4 Å². The molecule has 82 valence electrons. The van der Waals surface area contributed by atoms with Crippen LogP contribution in [0.25, 0.3) is 0 Å². The average molecular weight is 208 g/mol. The third-order valence-corrected chi connectivity index (χ3v) is 2.07. The summed E-state index contributed by atoms with van der Waals surface area (Å²) in [6, 6.07) is 5.26. The van der Waals surface area contributed by atoms with Crippen molar-refractivity contribution in [3.8, 4) is 0 Å². The third kappa shape index (κ3) is 3.95. The van der Waals surface area contributed by atoms with Crippen LogP contribution in [0.2, 0.25) is 0 Å². The molecule has 5 heteroatoms. The summed E-state index contributed by atoms with van der Waals surface area (Å²) >= 11 is 0. The van der Waals surface area contributed by atoms with Crippen molar-refractivity contribution in [1.29, 1.82) is 0 Å². The molecule has 15 heavy (non-hydrogen) atoms. The quantitative estimate of drug-likeness (QED) is 0.712. The first-order valence-electron chi connectivity index (χ1n) is 4.88. The SMILES string of the molecule is NCCN(CCc1ccccn1)C(N)=O. The van der Waals surface area contributed by atoms with Crippen LogP contribution in [0.1, 0.15) is 5.69 Å². The Morgan fingerprint density at radius 3 is 2.73 bits per heavy atom. The maximum absolute atomic E-state index is 11.0. The van der Waals surface area contributed by atoms with E-state index in [1.807, 2.05) is 18.2 Å². The highest BCUT2D eigenvalue weighted by molar-refractivity contribution is 5.71. The molecule has 1 aromatic rings. The fourth-order valence-electron chi connectivity index (χ4n) is 1.28. The number of nitrogens with zero attached hydrogens (tertiary/aromatic N) is 2. The molecule has 0 aromatic carbocycles. The second-order valence-electron chi connectivity index (χ2n) is 3.19. The summed E-state index contributed by atoms with van der Waals surface area (Å²) in [5.41, 5.74) is 11.5. The van der Waals surface area contributed by atoms with Crippen molar-refractivity contribution in [2.24, 2.45) is 11.5 Å². The molecule has 0 saturated carbocycles. The fraction of sp³-hybridized carbons (Fsp3) is 0.400. The van der Waals surface area contributed by atoms with Crippen LogP contribution in [0, 0.1) is 0 Å². The zero-order valence-electron chi connectivity index (χ0n) is 8.60. The highest BCUT2D eigenvalue weighted by atomic mass is 16.2. The van der Waals surface area contributed by atoms with E-state index in [-0.39, 0.29) is 0 Å². The van der Waals surface area contributed by atoms with Gasteiger partial charge >= 0.3 is 6.03 Å². The molecule has 0 fully saturated rings. The van der Waals surface area contributed by atoms with Crippen molar-refractivity contribution >= 4 is 6.03 Å². The van der Waals surface area contributed by atoms with Gasteiger partial charge in [0.25, 0.3) is 0 Å². The number of hydrogen-bond acceptors (Lipinski definition) is 3. The van der Waals surface area contributed by atoms with E-state index in [2.05, 4.69) is 4.98 Å². The maximum atomic E-state index is 11.0. The first kappa shape index (κ1) is 11.5. The Kier molecular flexibility index (Phi) is 4.56. The molecule has 2 amide bonds. The fourth-order valence-corrected chi connectivity index (χ4v) is 1.28. The molecular formula is C10H16N4O. The molecule has 0 aliphatic heterocycles. The molecule has 0 radical (unpaired) electrons. The van der Waals surface area contributed by atoms with E-state index in [1.165, 1.54) is 4.90 Å². The lowest BCUT2D eigenvalue weighted by Gasteiger charge is -2.18. The Balaban J connectivity index is 2.43. The van der Waals surface area contributed by atoms with Crippen LogP contribution >= 0.6 is 0 Å². The number of urea groups is 1. The molecule has 0 saturated heterocycles. The van der Waals surface area contributed by atoms with Crippen molar-refractivity contribution in [3.05, 3.63) is 30.1 Å². The summed E-state index contributed by atoms with van der Waals surface area (Å²) in [4.78, 5) is 16.7. The largest absolute Gasteiger partial charge is 0.351 e. The number of carbonyl (C=O) groups is 1. The van der Waals surface area contributed by atoms with E-state index in [9.17, 15) is 4.79 Å². The van der Waals surface area contributed by atoms with Gasteiger partial charge in [0.15, 0.2) is 0 Å². The van der Waals surface area contributed by atoms with Gasteiger partial charge in [0.1, 0.15) is 0 Å². The summed E-state index contributed by atoms with van der Waals surface area (Å²) < 4.78 is 0. The Labute approximate surface area is 89.1 Å². The van der Waals surface area contributed by atoms with Gasteiger partial charge in [-0.2, -0.15) is 0 Å². The Hall–Kier alpha value is -1.62. The van der Waals surface area contributed by atoms with Crippen molar-refractivity contribution in [2.45, 2.75) is 6.42 Å². The lowest BCUT2D eigenvalue weighted by Crippen LogP contribution is -2.40. The lowest BCUT2D eigenvalue weighted by molar-refractivity contribution is 0.209. The molecule has 1 rings (SSSR count). The lowest BCUT2D eigenvalue weighted by atomic mass is 10.2. The zero-order valence-corrected chi connectivity index (χ0v) is 8.60. The number of amides is 2. The second-order valence-corrected chi connectivity index (χ2v) is 3.19. The summed E-state index contributed by atoms with van der Waals surface area (Å²) in [6.45, 7) is 1.47. The Morgan fingerprint density at radius 2 is 2.20 bits per heavy atom. The van der Waals surface area contributed by atoms with Crippen LogP contribution in [-0.2, 0) is 6.42 Å². The van der Waals surface area contributed by atoms with E-state index in [0.29, 0.717) is 26.1 Å². The number of rotatable bonds is 5. The highest BCUT2D eigenvalue weighted by Crippen LogP contribution is 1.97. The van der Waals surface area contributed by atoms with Crippen molar-refractivity contribution in [2.75, 3.05) is 19.6 Å². The van der Waals surface area contributed by atoms with Gasteiger partial charge in [-0.3, -0.25) is 4.98 Å². The molecule has 0 atom stereocenters. The molecule has 0 aliphatic rings. The highest BCUT2D eigenvalue weighted by Gasteiger charge is 2.07. The number of carbonyl (C=O) groups excluding carboxylic acids is 1. The van der Waals surface area contributed by atoms with Gasteiger partial charge in [0.05, 0.1) is 0 Å². The molecule has 0 unspecified atom stereocenters. The molecule has 0 aliphatic carbocycles. The second kappa shape index (κ2) is 5.98. The molecule has 1 heterocycles. The number of nitrogens with two attached hydrogens (primary N) is 2. The van der Waals surface area contributed by atoms with Gasteiger partial charge < -0.3 is 16.4 Å². The standard InChI is InChI=1S/C10H16N4O/c11-5-8-14(10(12)15)7-4-9-3-1-2-6-13-9/h1-3,6H,4-5,7-8,11H2,(H2,12,15). The molecule has 0 bridgehead atoms. The van der Waals surface area contributed by atoms with Gasteiger partial charge in [0, 0.05) is 37.9 Å². The van der Waals surface area contributed by atoms with Crippen LogP contribution < -0.4 is 11.5 Å². The minimum absolute atomic E-state index is 0.422. The van der Waals surface area contributed by atoms with E-state index in [4.69, 9.17) is 11.5 Å². The summed E-state index contributed by atoms with van der Waals surface area (Å²) in [7, 11) is 0. The van der Waals surface area contributed by atoms with Crippen LogP contribution in [0.4, 0.5) is 4.79 Å². The van der Waals surface area contributed by atoms with Crippen LogP contribution in [-0.4, -0.2) is 35.5 Å². The van der Waals surface area contributed by atoms with Gasteiger partial charge in [-0.15, -0.1) is 0 Å². The topological polar surface area (TPSA) is 85.2 Å². The number of primary amides is 1. The molecule has 5 nitrogen and oxygen atoms in total. The Morgan fingerprint density at radius 1 is 1.40 bits per heavy atom. The summed E-state index contributed by atoms with van der Waals surface area (Å²) in [5, 5.41) is 0. The van der Waals surface area contributed by atoms with E-state index < -0.39 is 6.03 Å². The van der Waals surface area contributed by atoms with Crippen LogP contribution in [0.5, 0.6) is 0 Å². The van der Waals surface area contributed by atoms with Crippen molar-refractivity contribution < 1.29 is 4.79 Å². The van der Waals surface area contributed by atoms with Gasteiger partial charge in [-0.1, -0.05) is 6.07 Å². The smallest absolute Gasteiger partial charge is 0.314 e. The third-order valence-electron chi connectivity index (χ3n) is 2.07. The van der Waals surface area contributed by atoms with Gasteiger partial charge in [-0.25, -0.2) is 4.79 Å². The molecule has 0 spiro atoms. The minimum Gasteiger partial charge on any atom is -0.351 e.